The first kappa shape index (κ1) is 25.7. The Labute approximate surface area is 238 Å². The Morgan fingerprint density at radius 1 is 0.475 bits per heavy atom. The van der Waals surface area contributed by atoms with E-state index in [0.29, 0.717) is 0 Å². The predicted octanol–water partition coefficient (Wildman–Crippen LogP) is 10.6. The molecular formula is C38H36N2. The highest BCUT2D eigenvalue weighted by Crippen LogP contribution is 2.51. The van der Waals surface area contributed by atoms with Gasteiger partial charge in [-0.15, -0.1) is 0 Å². The van der Waals surface area contributed by atoms with E-state index in [1.165, 1.54) is 50.6 Å². The van der Waals surface area contributed by atoms with Crippen LogP contribution < -0.4 is 9.80 Å². The maximum atomic E-state index is 2.47. The smallest absolute Gasteiger partial charge is 0.0535 e. The van der Waals surface area contributed by atoms with Crippen LogP contribution in [0.1, 0.15) is 43.0 Å². The third kappa shape index (κ3) is 4.21. The van der Waals surface area contributed by atoms with E-state index in [1.807, 2.05) is 0 Å². The fourth-order valence-corrected chi connectivity index (χ4v) is 6.08. The van der Waals surface area contributed by atoms with E-state index in [9.17, 15) is 0 Å². The van der Waals surface area contributed by atoms with Gasteiger partial charge >= 0.3 is 0 Å². The molecule has 2 heteroatoms. The fourth-order valence-electron chi connectivity index (χ4n) is 6.08. The second-order valence-electron chi connectivity index (χ2n) is 11.2. The maximum Gasteiger partial charge on any atom is 0.0535 e. The van der Waals surface area contributed by atoms with Crippen molar-refractivity contribution in [2.75, 3.05) is 9.80 Å². The first-order valence-electron chi connectivity index (χ1n) is 14.1. The van der Waals surface area contributed by atoms with Crippen LogP contribution in [0.4, 0.5) is 28.4 Å². The number of hydrogen-bond donors (Lipinski definition) is 0. The zero-order valence-electron chi connectivity index (χ0n) is 24.0. The molecule has 0 N–H and O–H groups in total. The average Bonchev–Trinajstić information content (AvgIpc) is 3.18. The fraction of sp³-hybridized carbons (Fsp3) is 0.158. The lowest BCUT2D eigenvalue weighted by atomic mass is 9.82. The van der Waals surface area contributed by atoms with Gasteiger partial charge in [-0.1, -0.05) is 98.8 Å². The van der Waals surface area contributed by atoms with Gasteiger partial charge in [0.05, 0.1) is 17.1 Å². The Bertz CT molecular complexity index is 1700. The zero-order valence-corrected chi connectivity index (χ0v) is 24.0. The lowest BCUT2D eigenvalue weighted by molar-refractivity contribution is 0.638. The summed E-state index contributed by atoms with van der Waals surface area (Å²) in [5.41, 5.74) is 13.6. The van der Waals surface area contributed by atoms with Gasteiger partial charge in [0.2, 0.25) is 0 Å². The molecule has 0 atom stereocenters. The van der Waals surface area contributed by atoms with Crippen molar-refractivity contribution in [1.29, 1.82) is 0 Å². The highest BCUT2D eigenvalue weighted by molar-refractivity contribution is 5.96. The zero-order chi connectivity index (χ0) is 27.9. The molecule has 1 aliphatic rings. The summed E-state index contributed by atoms with van der Waals surface area (Å²) in [7, 11) is 0. The number of hydrogen-bond acceptors (Lipinski definition) is 2. The molecule has 0 unspecified atom stereocenters. The Morgan fingerprint density at radius 2 is 0.975 bits per heavy atom. The van der Waals surface area contributed by atoms with E-state index in [0.717, 1.165) is 11.4 Å². The molecule has 6 rings (SSSR count). The first-order valence-corrected chi connectivity index (χ1v) is 14.1. The number of anilines is 5. The molecule has 0 fully saturated rings. The minimum atomic E-state index is -0.0539. The highest BCUT2D eigenvalue weighted by atomic mass is 15.2. The van der Waals surface area contributed by atoms with E-state index < -0.39 is 0 Å². The standard InChI is InChI=1S/C38H36N2/c1-27-17-12-15-24-34(27)39(30-18-8-6-9-19-30)35-25-16-26-36(28(35)2)40(31-20-10-7-11-21-31)37-29(3)38(4,5)33-23-14-13-22-32(33)37/h6-26H,1-5H3. The number of nitrogens with zero attached hydrogens (tertiary/aromatic N) is 2. The van der Waals surface area contributed by atoms with Crippen LogP contribution in [0.5, 0.6) is 0 Å². The quantitative estimate of drug-likeness (QED) is 0.220. The first-order chi connectivity index (χ1) is 19.4. The van der Waals surface area contributed by atoms with Crippen LogP contribution in [0.2, 0.25) is 0 Å². The molecule has 198 valence electrons. The summed E-state index contributed by atoms with van der Waals surface area (Å²) in [5.74, 6) is 0. The molecule has 0 aliphatic heterocycles. The monoisotopic (exact) mass is 520 g/mol. The molecule has 0 radical (unpaired) electrons. The van der Waals surface area contributed by atoms with Crippen molar-refractivity contribution < 1.29 is 0 Å². The van der Waals surface area contributed by atoms with Crippen LogP contribution in [0.15, 0.2) is 133 Å². The van der Waals surface area contributed by atoms with E-state index >= 15 is 0 Å². The summed E-state index contributed by atoms with van der Waals surface area (Å²) in [5, 5.41) is 0. The summed E-state index contributed by atoms with van der Waals surface area (Å²) in [4.78, 5) is 4.87. The summed E-state index contributed by atoms with van der Waals surface area (Å²) >= 11 is 0. The van der Waals surface area contributed by atoms with Crippen LogP contribution in [0.3, 0.4) is 0 Å². The number of aryl methyl sites for hydroxylation is 1. The van der Waals surface area contributed by atoms with E-state index in [4.69, 9.17) is 0 Å². The van der Waals surface area contributed by atoms with Crippen molar-refractivity contribution in [3.8, 4) is 0 Å². The molecule has 5 aromatic rings. The molecule has 0 amide bonds. The van der Waals surface area contributed by atoms with Gasteiger partial charge in [0, 0.05) is 28.0 Å². The summed E-state index contributed by atoms with van der Waals surface area (Å²) in [6, 6.07) is 45.7. The van der Waals surface area contributed by atoms with Crippen molar-refractivity contribution in [1.82, 2.24) is 0 Å². The van der Waals surface area contributed by atoms with Crippen LogP contribution in [-0.2, 0) is 5.41 Å². The molecule has 5 aromatic carbocycles. The number of rotatable bonds is 6. The SMILES string of the molecule is CC1=C(N(c2ccccc2)c2cccc(N(c3ccccc3)c3ccccc3C)c2C)c2ccccc2C1(C)C. The van der Waals surface area contributed by atoms with Crippen molar-refractivity contribution >= 4 is 34.1 Å². The summed E-state index contributed by atoms with van der Waals surface area (Å²) in [6.45, 7) is 11.4. The number of benzene rings is 5. The predicted molar refractivity (Wildman–Crippen MR) is 171 cm³/mol. The van der Waals surface area contributed by atoms with E-state index in [-0.39, 0.29) is 5.41 Å². The van der Waals surface area contributed by atoms with Gasteiger partial charge in [-0.3, -0.25) is 0 Å². The van der Waals surface area contributed by atoms with Crippen molar-refractivity contribution in [3.05, 3.63) is 155 Å². The van der Waals surface area contributed by atoms with Gasteiger partial charge in [0.15, 0.2) is 0 Å². The number of para-hydroxylation sites is 3. The molecule has 2 nitrogen and oxygen atoms in total. The Balaban J connectivity index is 1.61. The minimum absolute atomic E-state index is 0.0539. The summed E-state index contributed by atoms with van der Waals surface area (Å²) < 4.78 is 0. The Hall–Kier alpha value is -4.56. The Morgan fingerprint density at radius 3 is 1.62 bits per heavy atom. The van der Waals surface area contributed by atoms with Crippen molar-refractivity contribution in [2.24, 2.45) is 0 Å². The van der Waals surface area contributed by atoms with Crippen LogP contribution in [0.25, 0.3) is 5.70 Å². The second-order valence-corrected chi connectivity index (χ2v) is 11.2. The highest BCUT2D eigenvalue weighted by Gasteiger charge is 2.38. The van der Waals surface area contributed by atoms with E-state index in [2.05, 4.69) is 172 Å². The molecule has 0 heterocycles. The summed E-state index contributed by atoms with van der Waals surface area (Å²) in [6.07, 6.45) is 0. The van der Waals surface area contributed by atoms with Gasteiger partial charge in [-0.05, 0) is 85.5 Å². The minimum Gasteiger partial charge on any atom is -0.310 e. The molecule has 0 saturated heterocycles. The van der Waals surface area contributed by atoms with Gasteiger partial charge in [-0.25, -0.2) is 0 Å². The molecule has 0 spiro atoms. The third-order valence-electron chi connectivity index (χ3n) is 8.52. The van der Waals surface area contributed by atoms with Gasteiger partial charge in [0.25, 0.3) is 0 Å². The van der Waals surface area contributed by atoms with E-state index in [1.54, 1.807) is 0 Å². The van der Waals surface area contributed by atoms with Crippen molar-refractivity contribution in [3.63, 3.8) is 0 Å². The molecule has 0 saturated carbocycles. The van der Waals surface area contributed by atoms with Gasteiger partial charge in [0.1, 0.15) is 0 Å². The Kier molecular flexibility index (Phi) is 6.56. The number of allylic oxidation sites excluding steroid dienone is 1. The van der Waals surface area contributed by atoms with Gasteiger partial charge in [-0.2, -0.15) is 0 Å². The molecule has 0 aromatic heterocycles. The largest absolute Gasteiger partial charge is 0.310 e. The van der Waals surface area contributed by atoms with Crippen LogP contribution in [-0.4, -0.2) is 0 Å². The van der Waals surface area contributed by atoms with Gasteiger partial charge < -0.3 is 9.80 Å². The lowest BCUT2D eigenvalue weighted by Crippen LogP contribution is -2.20. The normalized spacial score (nSPS) is 13.7. The maximum absolute atomic E-state index is 2.47. The van der Waals surface area contributed by atoms with Crippen molar-refractivity contribution in [2.45, 2.75) is 40.0 Å². The average molecular weight is 521 g/mol. The molecule has 40 heavy (non-hydrogen) atoms. The van der Waals surface area contributed by atoms with Crippen LogP contribution >= 0.6 is 0 Å². The molecular weight excluding hydrogens is 484 g/mol. The lowest BCUT2D eigenvalue weighted by Gasteiger charge is -2.33. The second kappa shape index (κ2) is 10.2. The topological polar surface area (TPSA) is 6.48 Å². The third-order valence-corrected chi connectivity index (χ3v) is 8.52. The number of fused-ring (bicyclic) bond motifs is 1. The van der Waals surface area contributed by atoms with Crippen LogP contribution in [0, 0.1) is 13.8 Å². The molecule has 1 aliphatic carbocycles. The molecule has 0 bridgehead atoms.